The molecule has 86 valence electrons. The molecule has 0 bridgehead atoms. The zero-order valence-corrected chi connectivity index (χ0v) is 10.4. The monoisotopic (exact) mass is 210 g/mol. The Kier molecular flexibility index (Phi) is 6.92. The van der Waals surface area contributed by atoms with Crippen LogP contribution < -0.4 is 0 Å². The maximum Gasteiger partial charge on any atom is 0.0700 e. The molecule has 0 unspecified atom stereocenters. The highest BCUT2D eigenvalue weighted by molar-refractivity contribution is 5.21. The van der Waals surface area contributed by atoms with Gasteiger partial charge in [-0.3, -0.25) is 4.98 Å². The standard InChI is InChI=1S/C10H16N2O.C2H6/c1-8-4-5-9(7-13)10(11-8)6-12(2)3;1-2/h4-5,13H,6-7H2,1-3H3;1-2H3. The van der Waals surface area contributed by atoms with Crippen LogP contribution >= 0.6 is 0 Å². The topological polar surface area (TPSA) is 36.4 Å². The van der Waals surface area contributed by atoms with Crippen molar-refractivity contribution in [2.75, 3.05) is 14.1 Å². The van der Waals surface area contributed by atoms with Gasteiger partial charge in [-0.25, -0.2) is 0 Å². The third-order valence-corrected chi connectivity index (χ3v) is 1.84. The van der Waals surface area contributed by atoms with Crippen molar-refractivity contribution < 1.29 is 5.11 Å². The Morgan fingerprint density at radius 3 is 2.33 bits per heavy atom. The normalized spacial score (nSPS) is 9.80. The SMILES string of the molecule is CC.Cc1ccc(CO)c(CN(C)C)n1. The number of aromatic nitrogens is 1. The van der Waals surface area contributed by atoms with Crippen LogP contribution in [0.4, 0.5) is 0 Å². The van der Waals surface area contributed by atoms with E-state index < -0.39 is 0 Å². The van der Waals surface area contributed by atoms with Crippen molar-refractivity contribution in [3.8, 4) is 0 Å². The van der Waals surface area contributed by atoms with Crippen molar-refractivity contribution in [1.82, 2.24) is 9.88 Å². The highest BCUT2D eigenvalue weighted by Gasteiger charge is 2.04. The van der Waals surface area contributed by atoms with E-state index in [1.165, 1.54) is 0 Å². The molecule has 0 atom stereocenters. The molecule has 0 aliphatic rings. The van der Waals surface area contributed by atoms with Crippen molar-refractivity contribution in [3.05, 3.63) is 29.1 Å². The lowest BCUT2D eigenvalue weighted by Gasteiger charge is -2.12. The van der Waals surface area contributed by atoms with Crippen LogP contribution in [0.1, 0.15) is 30.8 Å². The molecule has 0 amide bonds. The molecule has 0 spiro atoms. The molecule has 0 saturated heterocycles. The van der Waals surface area contributed by atoms with E-state index >= 15 is 0 Å². The Morgan fingerprint density at radius 1 is 1.27 bits per heavy atom. The predicted octanol–water partition coefficient (Wildman–Crippen LogP) is 1.97. The molecule has 1 aromatic heterocycles. The van der Waals surface area contributed by atoms with Gasteiger partial charge >= 0.3 is 0 Å². The third-order valence-electron chi connectivity index (χ3n) is 1.84. The van der Waals surface area contributed by atoms with Crippen LogP contribution in [0.25, 0.3) is 0 Å². The van der Waals surface area contributed by atoms with Gasteiger partial charge in [0.15, 0.2) is 0 Å². The summed E-state index contributed by atoms with van der Waals surface area (Å²) in [6.07, 6.45) is 0. The first-order valence-electron chi connectivity index (χ1n) is 5.34. The van der Waals surface area contributed by atoms with Gasteiger partial charge < -0.3 is 10.0 Å². The molecule has 0 aliphatic heterocycles. The fourth-order valence-corrected chi connectivity index (χ4v) is 1.22. The van der Waals surface area contributed by atoms with Gasteiger partial charge in [-0.2, -0.15) is 0 Å². The van der Waals surface area contributed by atoms with Gasteiger partial charge in [0.1, 0.15) is 0 Å². The van der Waals surface area contributed by atoms with Gasteiger partial charge in [-0.1, -0.05) is 19.9 Å². The summed E-state index contributed by atoms with van der Waals surface area (Å²) in [6.45, 7) is 6.80. The Morgan fingerprint density at radius 2 is 1.87 bits per heavy atom. The molecule has 0 radical (unpaired) electrons. The minimum atomic E-state index is 0.0659. The van der Waals surface area contributed by atoms with Gasteiger partial charge in [0, 0.05) is 17.8 Å². The second-order valence-electron chi connectivity index (χ2n) is 3.45. The van der Waals surface area contributed by atoms with E-state index in [4.69, 9.17) is 5.11 Å². The molecule has 0 aromatic carbocycles. The van der Waals surface area contributed by atoms with Crippen molar-refractivity contribution >= 4 is 0 Å². The van der Waals surface area contributed by atoms with Gasteiger partial charge in [0.25, 0.3) is 0 Å². The number of pyridine rings is 1. The maximum absolute atomic E-state index is 9.06. The number of hydrogen-bond donors (Lipinski definition) is 1. The van der Waals surface area contributed by atoms with E-state index in [1.54, 1.807) is 0 Å². The molecule has 3 nitrogen and oxygen atoms in total. The Hall–Kier alpha value is -0.930. The van der Waals surface area contributed by atoms with Crippen LogP contribution in [0.3, 0.4) is 0 Å². The number of aryl methyl sites for hydroxylation is 1. The van der Waals surface area contributed by atoms with Crippen molar-refractivity contribution in [2.45, 2.75) is 33.9 Å². The fourth-order valence-electron chi connectivity index (χ4n) is 1.22. The van der Waals surface area contributed by atoms with Crippen molar-refractivity contribution in [1.29, 1.82) is 0 Å². The lowest BCUT2D eigenvalue weighted by molar-refractivity contribution is 0.277. The van der Waals surface area contributed by atoms with Gasteiger partial charge in [0.2, 0.25) is 0 Å². The van der Waals surface area contributed by atoms with E-state index in [-0.39, 0.29) is 6.61 Å². The third kappa shape index (κ3) is 4.91. The molecule has 1 heterocycles. The number of rotatable bonds is 3. The molecule has 0 saturated carbocycles. The lowest BCUT2D eigenvalue weighted by atomic mass is 10.2. The van der Waals surface area contributed by atoms with Crippen LogP contribution in [0.2, 0.25) is 0 Å². The van der Waals surface area contributed by atoms with Crippen LogP contribution in [0.15, 0.2) is 12.1 Å². The molecule has 15 heavy (non-hydrogen) atoms. The summed E-state index contributed by atoms with van der Waals surface area (Å²) in [5.41, 5.74) is 2.88. The quantitative estimate of drug-likeness (QED) is 0.828. The summed E-state index contributed by atoms with van der Waals surface area (Å²) in [5.74, 6) is 0. The molecule has 3 heteroatoms. The summed E-state index contributed by atoms with van der Waals surface area (Å²) in [4.78, 5) is 6.43. The van der Waals surface area contributed by atoms with Crippen LogP contribution in [-0.2, 0) is 13.2 Å². The van der Waals surface area contributed by atoms with E-state index in [2.05, 4.69) is 4.98 Å². The summed E-state index contributed by atoms with van der Waals surface area (Å²) >= 11 is 0. The highest BCUT2D eigenvalue weighted by Crippen LogP contribution is 2.09. The fraction of sp³-hybridized carbons (Fsp3) is 0.583. The summed E-state index contributed by atoms with van der Waals surface area (Å²) in [7, 11) is 3.98. The van der Waals surface area contributed by atoms with E-state index in [0.29, 0.717) is 0 Å². The summed E-state index contributed by atoms with van der Waals surface area (Å²) in [6, 6.07) is 3.85. The molecule has 0 aliphatic carbocycles. The van der Waals surface area contributed by atoms with Gasteiger partial charge in [0.05, 0.1) is 12.3 Å². The molecule has 0 fully saturated rings. The second kappa shape index (κ2) is 7.37. The molecule has 1 rings (SSSR count). The van der Waals surface area contributed by atoms with Crippen molar-refractivity contribution in [2.24, 2.45) is 0 Å². The first kappa shape index (κ1) is 14.1. The molecular formula is C12H22N2O. The average Bonchev–Trinajstić information content (AvgIpc) is 2.20. The highest BCUT2D eigenvalue weighted by atomic mass is 16.3. The minimum Gasteiger partial charge on any atom is -0.392 e. The van der Waals surface area contributed by atoms with Crippen LogP contribution in [0.5, 0.6) is 0 Å². The maximum atomic E-state index is 9.06. The predicted molar refractivity (Wildman–Crippen MR) is 63.6 cm³/mol. The Labute approximate surface area is 92.8 Å². The second-order valence-corrected chi connectivity index (χ2v) is 3.45. The first-order chi connectivity index (χ1) is 7.13. The molecule has 1 N–H and O–H groups in total. The number of hydrogen-bond acceptors (Lipinski definition) is 3. The van der Waals surface area contributed by atoms with Crippen LogP contribution in [0, 0.1) is 6.92 Å². The lowest BCUT2D eigenvalue weighted by Crippen LogP contribution is -2.14. The zero-order chi connectivity index (χ0) is 11.8. The zero-order valence-electron chi connectivity index (χ0n) is 10.4. The van der Waals surface area contributed by atoms with E-state index in [1.807, 2.05) is 51.9 Å². The van der Waals surface area contributed by atoms with Gasteiger partial charge in [-0.15, -0.1) is 0 Å². The largest absolute Gasteiger partial charge is 0.392 e. The van der Waals surface area contributed by atoms with E-state index in [0.717, 1.165) is 23.5 Å². The Balaban J connectivity index is 0.000000921. The Bertz CT molecular complexity index is 285. The first-order valence-corrected chi connectivity index (χ1v) is 5.34. The smallest absolute Gasteiger partial charge is 0.0700 e. The van der Waals surface area contributed by atoms with E-state index in [9.17, 15) is 0 Å². The number of aliphatic hydroxyl groups excluding tert-OH is 1. The number of nitrogens with zero attached hydrogens (tertiary/aromatic N) is 2. The summed E-state index contributed by atoms with van der Waals surface area (Å²) < 4.78 is 0. The average molecular weight is 210 g/mol. The summed E-state index contributed by atoms with van der Waals surface area (Å²) in [5, 5.41) is 9.06. The van der Waals surface area contributed by atoms with Gasteiger partial charge in [-0.05, 0) is 27.1 Å². The molecule has 1 aromatic rings. The number of aliphatic hydroxyl groups is 1. The molecular weight excluding hydrogens is 188 g/mol. The van der Waals surface area contributed by atoms with Crippen LogP contribution in [-0.4, -0.2) is 29.1 Å². The minimum absolute atomic E-state index is 0.0659. The van der Waals surface area contributed by atoms with Crippen molar-refractivity contribution in [3.63, 3.8) is 0 Å².